The van der Waals surface area contributed by atoms with E-state index in [9.17, 15) is 4.79 Å². The zero-order valence-corrected chi connectivity index (χ0v) is 14.5. The van der Waals surface area contributed by atoms with Gasteiger partial charge in [-0.05, 0) is 25.1 Å². The van der Waals surface area contributed by atoms with Crippen molar-refractivity contribution < 1.29 is 14.3 Å². The van der Waals surface area contributed by atoms with Crippen molar-refractivity contribution in [3.63, 3.8) is 0 Å². The summed E-state index contributed by atoms with van der Waals surface area (Å²) in [5.74, 6) is 0.386. The van der Waals surface area contributed by atoms with Gasteiger partial charge in [0.15, 0.2) is 0 Å². The molecule has 3 aromatic rings. The van der Waals surface area contributed by atoms with Crippen LogP contribution in [0.4, 0.5) is 0 Å². The van der Waals surface area contributed by atoms with Gasteiger partial charge in [-0.25, -0.2) is 9.97 Å². The zero-order valence-electron chi connectivity index (χ0n) is 14.5. The number of aryl methyl sites for hydroxylation is 1. The summed E-state index contributed by atoms with van der Waals surface area (Å²) in [7, 11) is 0. The van der Waals surface area contributed by atoms with Crippen molar-refractivity contribution in [3.05, 3.63) is 60.2 Å². The molecule has 0 aliphatic carbocycles. The third-order valence-electron chi connectivity index (χ3n) is 4.35. The number of nitrogens with one attached hydrogen (secondary N) is 1. The van der Waals surface area contributed by atoms with Crippen LogP contribution in [0.3, 0.4) is 0 Å². The molecule has 1 N–H and O–H groups in total. The van der Waals surface area contributed by atoms with Crippen LogP contribution in [0.1, 0.15) is 22.5 Å². The molecule has 0 bridgehead atoms. The van der Waals surface area contributed by atoms with Crippen LogP contribution in [0.2, 0.25) is 0 Å². The fourth-order valence-electron chi connectivity index (χ4n) is 3.07. The molecule has 2 atom stereocenters. The van der Waals surface area contributed by atoms with E-state index in [0.29, 0.717) is 31.1 Å². The standard InChI is InChI=1S/C19H20N4O3/c1-13-10-23-11-14(5-6-17(23)21-13)19(24)22-15-12-25-9-7-16(15)26-18-4-2-3-8-20-18/h2-6,8,10-11,15-16H,7,9,12H2,1H3,(H,22,24)/t15-,16-/m1/s1. The summed E-state index contributed by atoms with van der Waals surface area (Å²) in [6.45, 7) is 2.94. The molecule has 4 rings (SSSR count). The Kier molecular flexibility index (Phi) is 4.53. The second-order valence-corrected chi connectivity index (χ2v) is 6.33. The van der Waals surface area contributed by atoms with Crippen LogP contribution in [0.25, 0.3) is 5.65 Å². The summed E-state index contributed by atoms with van der Waals surface area (Å²) in [6.07, 6.45) is 5.87. The van der Waals surface area contributed by atoms with Gasteiger partial charge in [-0.15, -0.1) is 0 Å². The molecule has 0 spiro atoms. The van der Waals surface area contributed by atoms with E-state index in [1.807, 2.05) is 41.8 Å². The van der Waals surface area contributed by atoms with Crippen molar-refractivity contribution >= 4 is 11.6 Å². The molecule has 0 saturated carbocycles. The molecule has 0 aromatic carbocycles. The van der Waals surface area contributed by atoms with Crippen molar-refractivity contribution in [2.24, 2.45) is 0 Å². The molecule has 7 nitrogen and oxygen atoms in total. The van der Waals surface area contributed by atoms with Crippen LogP contribution in [-0.2, 0) is 4.74 Å². The normalized spacial score (nSPS) is 20.0. The van der Waals surface area contributed by atoms with Crippen LogP contribution in [0.15, 0.2) is 48.9 Å². The minimum atomic E-state index is -0.238. The molecule has 1 amide bonds. The number of imidazole rings is 1. The Morgan fingerprint density at radius 1 is 1.31 bits per heavy atom. The Hall–Kier alpha value is -2.93. The predicted octanol–water partition coefficient (Wildman–Crippen LogP) is 2.00. The molecular weight excluding hydrogens is 332 g/mol. The minimum Gasteiger partial charge on any atom is -0.472 e. The third-order valence-corrected chi connectivity index (χ3v) is 4.35. The number of fused-ring (bicyclic) bond motifs is 1. The number of carbonyl (C=O) groups excluding carboxylic acids is 1. The number of pyridine rings is 2. The lowest BCUT2D eigenvalue weighted by atomic mass is 10.1. The Morgan fingerprint density at radius 2 is 2.23 bits per heavy atom. The number of amides is 1. The summed E-state index contributed by atoms with van der Waals surface area (Å²) in [5, 5.41) is 3.03. The highest BCUT2D eigenvalue weighted by Gasteiger charge is 2.29. The number of rotatable bonds is 4. The first-order valence-corrected chi connectivity index (χ1v) is 8.61. The van der Waals surface area contributed by atoms with E-state index in [-0.39, 0.29) is 18.1 Å². The summed E-state index contributed by atoms with van der Waals surface area (Å²) < 4.78 is 13.3. The van der Waals surface area contributed by atoms with Crippen molar-refractivity contribution in [1.29, 1.82) is 0 Å². The molecule has 1 aliphatic heterocycles. The van der Waals surface area contributed by atoms with Gasteiger partial charge in [-0.3, -0.25) is 4.79 Å². The second-order valence-electron chi connectivity index (χ2n) is 6.33. The van der Waals surface area contributed by atoms with Gasteiger partial charge in [-0.2, -0.15) is 0 Å². The molecule has 26 heavy (non-hydrogen) atoms. The lowest BCUT2D eigenvalue weighted by Crippen LogP contribution is -2.51. The van der Waals surface area contributed by atoms with E-state index in [1.165, 1.54) is 0 Å². The number of aromatic nitrogens is 3. The molecule has 1 aliphatic rings. The first-order valence-electron chi connectivity index (χ1n) is 8.61. The van der Waals surface area contributed by atoms with Crippen LogP contribution in [0.5, 0.6) is 5.88 Å². The van der Waals surface area contributed by atoms with Gasteiger partial charge >= 0.3 is 0 Å². The van der Waals surface area contributed by atoms with Crippen LogP contribution in [-0.4, -0.2) is 45.6 Å². The van der Waals surface area contributed by atoms with Gasteiger partial charge in [-0.1, -0.05) is 6.07 Å². The van der Waals surface area contributed by atoms with Crippen molar-refractivity contribution in [2.75, 3.05) is 13.2 Å². The summed E-state index contributed by atoms with van der Waals surface area (Å²) in [4.78, 5) is 21.3. The maximum Gasteiger partial charge on any atom is 0.253 e. The smallest absolute Gasteiger partial charge is 0.253 e. The number of carbonyl (C=O) groups is 1. The van der Waals surface area contributed by atoms with Crippen LogP contribution >= 0.6 is 0 Å². The molecule has 1 fully saturated rings. The molecule has 1 saturated heterocycles. The molecule has 3 aromatic heterocycles. The zero-order chi connectivity index (χ0) is 17.9. The average Bonchev–Trinajstić information content (AvgIpc) is 3.03. The fraction of sp³-hybridized carbons (Fsp3) is 0.316. The first-order chi connectivity index (χ1) is 12.7. The highest BCUT2D eigenvalue weighted by Crippen LogP contribution is 2.16. The average molecular weight is 352 g/mol. The van der Waals surface area contributed by atoms with Crippen molar-refractivity contribution in [3.8, 4) is 5.88 Å². The Labute approximate surface area is 151 Å². The van der Waals surface area contributed by atoms with E-state index in [0.717, 1.165) is 11.3 Å². The number of nitrogens with zero attached hydrogens (tertiary/aromatic N) is 3. The van der Waals surface area contributed by atoms with E-state index in [4.69, 9.17) is 9.47 Å². The largest absolute Gasteiger partial charge is 0.472 e. The lowest BCUT2D eigenvalue weighted by molar-refractivity contribution is -0.00449. The monoisotopic (exact) mass is 352 g/mol. The molecule has 0 radical (unpaired) electrons. The highest BCUT2D eigenvalue weighted by atomic mass is 16.5. The maximum atomic E-state index is 12.7. The van der Waals surface area contributed by atoms with Crippen LogP contribution < -0.4 is 10.1 Å². The van der Waals surface area contributed by atoms with Crippen molar-refractivity contribution in [1.82, 2.24) is 19.7 Å². The number of hydrogen-bond donors (Lipinski definition) is 1. The Morgan fingerprint density at radius 3 is 3.08 bits per heavy atom. The number of hydrogen-bond acceptors (Lipinski definition) is 5. The van der Waals surface area contributed by atoms with E-state index in [2.05, 4.69) is 15.3 Å². The van der Waals surface area contributed by atoms with Gasteiger partial charge < -0.3 is 19.2 Å². The summed E-state index contributed by atoms with van der Waals surface area (Å²) in [6, 6.07) is 8.89. The quantitative estimate of drug-likeness (QED) is 0.777. The van der Waals surface area contributed by atoms with Crippen molar-refractivity contribution in [2.45, 2.75) is 25.5 Å². The van der Waals surface area contributed by atoms with E-state index < -0.39 is 0 Å². The fourth-order valence-corrected chi connectivity index (χ4v) is 3.07. The van der Waals surface area contributed by atoms with Gasteiger partial charge in [0.05, 0.1) is 30.5 Å². The van der Waals surface area contributed by atoms with Gasteiger partial charge in [0, 0.05) is 31.1 Å². The van der Waals surface area contributed by atoms with Gasteiger partial charge in [0.25, 0.3) is 5.91 Å². The summed E-state index contributed by atoms with van der Waals surface area (Å²) >= 11 is 0. The third kappa shape index (κ3) is 3.52. The van der Waals surface area contributed by atoms with Gasteiger partial charge in [0.2, 0.25) is 5.88 Å². The molecule has 4 heterocycles. The minimum absolute atomic E-state index is 0.164. The van der Waals surface area contributed by atoms with E-state index >= 15 is 0 Å². The topological polar surface area (TPSA) is 77.8 Å². The molecule has 7 heteroatoms. The summed E-state index contributed by atoms with van der Waals surface area (Å²) in [5.41, 5.74) is 2.29. The Bertz CT molecular complexity index is 910. The SMILES string of the molecule is Cc1cn2cc(C(=O)N[C@@H]3COCC[C@H]3Oc3ccccn3)ccc2n1. The molecule has 0 unspecified atom stereocenters. The van der Waals surface area contributed by atoms with Gasteiger partial charge in [0.1, 0.15) is 11.8 Å². The maximum absolute atomic E-state index is 12.7. The number of ether oxygens (including phenoxy) is 2. The predicted molar refractivity (Wildman–Crippen MR) is 95.3 cm³/mol. The van der Waals surface area contributed by atoms with E-state index in [1.54, 1.807) is 18.5 Å². The molecular formula is C19H20N4O3. The highest BCUT2D eigenvalue weighted by molar-refractivity contribution is 5.94. The second kappa shape index (κ2) is 7.13. The lowest BCUT2D eigenvalue weighted by Gasteiger charge is -2.32. The van der Waals surface area contributed by atoms with Crippen LogP contribution in [0, 0.1) is 6.92 Å². The molecule has 134 valence electrons. The Balaban J connectivity index is 1.48. The first kappa shape index (κ1) is 16.5.